The SMILES string of the molecule is Cc1c(N2CC(N)C(CF)C2)c(F)cc2c(=O)c(C(=O)O)cn(C3CC3F)c12. The number of aromatic nitrogens is 1. The summed E-state index contributed by atoms with van der Waals surface area (Å²) in [7, 11) is 0. The van der Waals surface area contributed by atoms with E-state index in [1.807, 2.05) is 0 Å². The van der Waals surface area contributed by atoms with Gasteiger partial charge in [0.05, 0.1) is 23.9 Å². The molecule has 4 atom stereocenters. The van der Waals surface area contributed by atoms with Crippen LogP contribution in [0.5, 0.6) is 0 Å². The van der Waals surface area contributed by atoms with Crippen LogP contribution < -0.4 is 16.1 Å². The van der Waals surface area contributed by atoms with E-state index in [0.717, 1.165) is 12.3 Å². The van der Waals surface area contributed by atoms with Crippen LogP contribution in [0.15, 0.2) is 17.1 Å². The number of pyridine rings is 1. The van der Waals surface area contributed by atoms with E-state index in [2.05, 4.69) is 0 Å². The standard InChI is InChI=1S/C19H20F3N3O3/c1-8-16-10(2-13(22)17(8)24-5-9(4-20)14(23)7-24)18(26)11(19(27)28)6-25(16)15-3-12(15)21/h2,6,9,12,14-15H,3-5,7,23H2,1H3,(H,27,28). The Morgan fingerprint density at radius 2 is 2.07 bits per heavy atom. The number of aryl methyl sites for hydroxylation is 1. The molecule has 1 aliphatic heterocycles. The second-order valence-corrected chi connectivity index (χ2v) is 7.61. The maximum Gasteiger partial charge on any atom is 0.341 e. The fraction of sp³-hybridized carbons (Fsp3) is 0.474. The molecule has 0 bridgehead atoms. The first kappa shape index (κ1) is 18.8. The number of carbonyl (C=O) groups is 1. The van der Waals surface area contributed by atoms with Gasteiger partial charge in [-0.15, -0.1) is 0 Å². The lowest BCUT2D eigenvalue weighted by Gasteiger charge is -2.24. The molecule has 0 radical (unpaired) electrons. The molecule has 1 aliphatic carbocycles. The fourth-order valence-electron chi connectivity index (χ4n) is 4.15. The highest BCUT2D eigenvalue weighted by atomic mass is 19.1. The zero-order valence-electron chi connectivity index (χ0n) is 15.2. The monoisotopic (exact) mass is 395 g/mol. The van der Waals surface area contributed by atoms with Crippen LogP contribution in [0.2, 0.25) is 0 Å². The number of hydrogen-bond donors (Lipinski definition) is 2. The molecule has 2 fully saturated rings. The molecular formula is C19H20F3N3O3. The van der Waals surface area contributed by atoms with Gasteiger partial charge in [0.15, 0.2) is 0 Å². The largest absolute Gasteiger partial charge is 0.477 e. The topological polar surface area (TPSA) is 88.6 Å². The number of anilines is 1. The third-order valence-corrected chi connectivity index (χ3v) is 5.75. The van der Waals surface area contributed by atoms with Crippen LogP contribution in [-0.4, -0.2) is 47.6 Å². The Kier molecular flexibility index (Phi) is 4.37. The predicted octanol–water partition coefficient (Wildman–Crippen LogP) is 2.16. The van der Waals surface area contributed by atoms with E-state index in [9.17, 15) is 27.9 Å². The van der Waals surface area contributed by atoms with E-state index in [0.29, 0.717) is 11.1 Å². The molecule has 4 rings (SSSR count). The molecule has 150 valence electrons. The number of hydrogen-bond acceptors (Lipinski definition) is 4. The van der Waals surface area contributed by atoms with Crippen LogP contribution in [0, 0.1) is 18.7 Å². The van der Waals surface area contributed by atoms with Crippen molar-refractivity contribution in [1.82, 2.24) is 4.57 Å². The summed E-state index contributed by atoms with van der Waals surface area (Å²) in [5.74, 6) is -2.59. The molecule has 1 aromatic carbocycles. The van der Waals surface area contributed by atoms with Gasteiger partial charge >= 0.3 is 5.97 Å². The molecule has 1 aromatic heterocycles. The number of nitrogens with zero attached hydrogens (tertiary/aromatic N) is 2. The minimum absolute atomic E-state index is 0.108. The van der Waals surface area contributed by atoms with E-state index in [-0.39, 0.29) is 30.6 Å². The summed E-state index contributed by atoms with van der Waals surface area (Å²) >= 11 is 0. The van der Waals surface area contributed by atoms with E-state index in [4.69, 9.17) is 5.73 Å². The third kappa shape index (κ3) is 2.76. The summed E-state index contributed by atoms with van der Waals surface area (Å²) in [6, 6.07) is -0.0558. The molecule has 1 saturated carbocycles. The molecule has 4 unspecified atom stereocenters. The Balaban J connectivity index is 1.97. The van der Waals surface area contributed by atoms with Gasteiger partial charge in [-0.3, -0.25) is 9.18 Å². The summed E-state index contributed by atoms with van der Waals surface area (Å²) in [5.41, 5.74) is 5.46. The quantitative estimate of drug-likeness (QED) is 0.828. The number of aromatic carboxylic acids is 1. The maximum absolute atomic E-state index is 15.0. The number of nitrogens with two attached hydrogens (primary N) is 1. The van der Waals surface area contributed by atoms with Crippen molar-refractivity contribution in [2.75, 3.05) is 24.7 Å². The van der Waals surface area contributed by atoms with Gasteiger partial charge in [0.25, 0.3) is 0 Å². The highest BCUT2D eigenvalue weighted by molar-refractivity contribution is 5.95. The molecule has 3 N–H and O–H groups in total. The maximum atomic E-state index is 15.0. The number of carboxylic acids is 1. The Labute approximate surface area is 158 Å². The number of benzene rings is 1. The average molecular weight is 395 g/mol. The molecule has 2 heterocycles. The molecule has 28 heavy (non-hydrogen) atoms. The minimum Gasteiger partial charge on any atom is -0.477 e. The Morgan fingerprint density at radius 3 is 2.61 bits per heavy atom. The lowest BCUT2D eigenvalue weighted by atomic mass is 10.0. The Hall–Kier alpha value is -2.55. The van der Waals surface area contributed by atoms with Crippen molar-refractivity contribution in [3.63, 3.8) is 0 Å². The molecule has 2 aliphatic rings. The second kappa shape index (κ2) is 6.51. The van der Waals surface area contributed by atoms with Crippen LogP contribution in [0.1, 0.15) is 28.4 Å². The summed E-state index contributed by atoms with van der Waals surface area (Å²) in [6.45, 7) is 1.46. The lowest BCUT2D eigenvalue weighted by Crippen LogP contribution is -2.30. The number of carboxylic acid groups (broad SMARTS) is 1. The van der Waals surface area contributed by atoms with Gasteiger partial charge in [0, 0.05) is 43.1 Å². The van der Waals surface area contributed by atoms with Crippen LogP contribution >= 0.6 is 0 Å². The fourth-order valence-corrected chi connectivity index (χ4v) is 4.15. The van der Waals surface area contributed by atoms with E-state index < -0.39 is 53.6 Å². The van der Waals surface area contributed by atoms with Crippen molar-refractivity contribution in [3.05, 3.63) is 39.4 Å². The second-order valence-electron chi connectivity index (χ2n) is 7.61. The lowest BCUT2D eigenvalue weighted by molar-refractivity contribution is 0.0694. The Bertz CT molecular complexity index is 1040. The van der Waals surface area contributed by atoms with Gasteiger partial charge < -0.3 is 20.3 Å². The van der Waals surface area contributed by atoms with Crippen LogP contribution in [0.3, 0.4) is 0 Å². The summed E-state index contributed by atoms with van der Waals surface area (Å²) < 4.78 is 43.3. The zero-order chi connectivity index (χ0) is 20.3. The molecule has 0 spiro atoms. The van der Waals surface area contributed by atoms with Gasteiger partial charge in [-0.25, -0.2) is 13.6 Å². The highest BCUT2D eigenvalue weighted by Gasteiger charge is 2.41. The van der Waals surface area contributed by atoms with Crippen molar-refractivity contribution < 1.29 is 23.1 Å². The van der Waals surface area contributed by atoms with Crippen molar-refractivity contribution in [2.24, 2.45) is 11.7 Å². The van der Waals surface area contributed by atoms with Gasteiger partial charge in [-0.1, -0.05) is 0 Å². The minimum atomic E-state index is -1.45. The zero-order valence-corrected chi connectivity index (χ0v) is 15.2. The van der Waals surface area contributed by atoms with E-state index >= 15 is 0 Å². The van der Waals surface area contributed by atoms with Crippen molar-refractivity contribution in [1.29, 1.82) is 0 Å². The van der Waals surface area contributed by atoms with Crippen molar-refractivity contribution in [3.8, 4) is 0 Å². The molecule has 9 heteroatoms. The van der Waals surface area contributed by atoms with Crippen LogP contribution in [0.4, 0.5) is 18.9 Å². The summed E-state index contributed by atoms with van der Waals surface area (Å²) in [6.07, 6.45) is 0.171. The van der Waals surface area contributed by atoms with Crippen LogP contribution in [-0.2, 0) is 0 Å². The molecule has 0 amide bonds. The number of fused-ring (bicyclic) bond motifs is 1. The first-order valence-electron chi connectivity index (χ1n) is 9.06. The van der Waals surface area contributed by atoms with E-state index in [1.54, 1.807) is 11.8 Å². The number of alkyl halides is 2. The van der Waals surface area contributed by atoms with Crippen molar-refractivity contribution >= 4 is 22.6 Å². The molecule has 1 saturated heterocycles. The summed E-state index contributed by atoms with van der Waals surface area (Å²) in [4.78, 5) is 25.7. The van der Waals surface area contributed by atoms with Gasteiger partial charge in [-0.2, -0.15) is 0 Å². The Morgan fingerprint density at radius 1 is 1.39 bits per heavy atom. The van der Waals surface area contributed by atoms with E-state index in [1.165, 1.54) is 4.57 Å². The van der Waals surface area contributed by atoms with Crippen molar-refractivity contribution in [2.45, 2.75) is 31.6 Å². The molecule has 6 nitrogen and oxygen atoms in total. The number of rotatable bonds is 4. The highest BCUT2D eigenvalue weighted by Crippen LogP contribution is 2.43. The normalized spacial score (nSPS) is 26.8. The summed E-state index contributed by atoms with van der Waals surface area (Å²) in [5, 5.41) is 9.20. The first-order valence-corrected chi connectivity index (χ1v) is 9.06. The van der Waals surface area contributed by atoms with Gasteiger partial charge in [0.1, 0.15) is 17.6 Å². The van der Waals surface area contributed by atoms with Crippen LogP contribution in [0.25, 0.3) is 10.9 Å². The number of halogens is 3. The first-order chi connectivity index (χ1) is 13.2. The predicted molar refractivity (Wildman–Crippen MR) is 98.1 cm³/mol. The van der Waals surface area contributed by atoms with Gasteiger partial charge in [0.2, 0.25) is 5.43 Å². The molecule has 2 aromatic rings. The smallest absolute Gasteiger partial charge is 0.341 e. The average Bonchev–Trinajstić information content (AvgIpc) is 3.24. The third-order valence-electron chi connectivity index (χ3n) is 5.75. The van der Waals surface area contributed by atoms with Gasteiger partial charge in [-0.05, 0) is 18.6 Å². The molecular weight excluding hydrogens is 375 g/mol.